The van der Waals surface area contributed by atoms with Crippen LogP contribution < -0.4 is 10.6 Å². The fourth-order valence-electron chi connectivity index (χ4n) is 3.16. The van der Waals surface area contributed by atoms with E-state index in [9.17, 15) is 4.79 Å². The van der Waals surface area contributed by atoms with E-state index in [0.29, 0.717) is 5.92 Å². The molecule has 4 nitrogen and oxygen atoms in total. The maximum atomic E-state index is 12.5. The third-order valence-electron chi connectivity index (χ3n) is 4.31. The van der Waals surface area contributed by atoms with Gasteiger partial charge in [-0.25, -0.2) is 0 Å². The van der Waals surface area contributed by atoms with Crippen LogP contribution in [0.1, 0.15) is 39.9 Å². The lowest BCUT2D eigenvalue weighted by Crippen LogP contribution is -2.43. The first kappa shape index (κ1) is 13.6. The van der Waals surface area contributed by atoms with Crippen LogP contribution in [0.2, 0.25) is 0 Å². The van der Waals surface area contributed by atoms with Crippen molar-refractivity contribution in [3.63, 3.8) is 0 Å². The molecule has 0 saturated heterocycles. The Balaban J connectivity index is 1.60. The summed E-state index contributed by atoms with van der Waals surface area (Å²) in [5.41, 5.74) is 2.13. The zero-order valence-corrected chi connectivity index (χ0v) is 13.2. The van der Waals surface area contributed by atoms with Gasteiger partial charge >= 0.3 is 0 Å². The largest absolute Gasteiger partial charge is 0.465 e. The molecular formula is C17H18N2O2S. The van der Waals surface area contributed by atoms with E-state index in [4.69, 9.17) is 4.42 Å². The van der Waals surface area contributed by atoms with Gasteiger partial charge in [-0.05, 0) is 55.0 Å². The standard InChI is InChI=1S/C17H18N2O2S/c1-10-4-6-12-13(9-10)22-17-15(12)16(20)18-14(19-17)7-5-11-3-2-8-21-11/h2-3,5,7-8,10,14,19H,4,6,9H2,1H3,(H,18,20). The number of fused-ring (bicyclic) bond motifs is 3. The van der Waals surface area contributed by atoms with Crippen LogP contribution in [-0.2, 0) is 12.8 Å². The van der Waals surface area contributed by atoms with E-state index < -0.39 is 0 Å². The summed E-state index contributed by atoms with van der Waals surface area (Å²) in [6, 6.07) is 3.73. The molecule has 1 amide bonds. The van der Waals surface area contributed by atoms with Gasteiger partial charge in [-0.15, -0.1) is 11.3 Å². The molecule has 0 aromatic carbocycles. The van der Waals surface area contributed by atoms with E-state index in [1.807, 2.05) is 24.3 Å². The highest BCUT2D eigenvalue weighted by atomic mass is 32.1. The normalized spacial score (nSPS) is 23.8. The van der Waals surface area contributed by atoms with Crippen molar-refractivity contribution in [3.8, 4) is 0 Å². The van der Waals surface area contributed by atoms with Gasteiger partial charge in [-0.3, -0.25) is 4.79 Å². The zero-order chi connectivity index (χ0) is 15.1. The lowest BCUT2D eigenvalue weighted by Gasteiger charge is -2.24. The summed E-state index contributed by atoms with van der Waals surface area (Å²) in [5.74, 6) is 1.53. The average molecular weight is 314 g/mol. The SMILES string of the molecule is CC1CCc2c(sc3c2C(=O)NC(C=Cc2ccco2)N3)C1. The molecule has 2 aliphatic rings. The molecule has 5 heteroatoms. The summed E-state index contributed by atoms with van der Waals surface area (Å²) in [6.45, 7) is 2.28. The molecule has 2 atom stereocenters. The Hall–Kier alpha value is -2.01. The smallest absolute Gasteiger partial charge is 0.256 e. The van der Waals surface area contributed by atoms with Gasteiger partial charge in [0.15, 0.2) is 0 Å². The second-order valence-electron chi connectivity index (χ2n) is 6.03. The van der Waals surface area contributed by atoms with E-state index in [-0.39, 0.29) is 12.1 Å². The second kappa shape index (κ2) is 5.32. The van der Waals surface area contributed by atoms with Gasteiger partial charge in [-0.2, -0.15) is 0 Å². The first-order valence-electron chi connectivity index (χ1n) is 7.64. The Morgan fingerprint density at radius 2 is 2.32 bits per heavy atom. The Bertz CT molecular complexity index is 730. The molecule has 114 valence electrons. The number of hydrogen-bond acceptors (Lipinski definition) is 4. The molecule has 1 aliphatic heterocycles. The van der Waals surface area contributed by atoms with Crippen LogP contribution in [0.3, 0.4) is 0 Å². The van der Waals surface area contributed by atoms with Gasteiger partial charge in [0.1, 0.15) is 16.9 Å². The fraction of sp³-hybridized carbons (Fsp3) is 0.353. The Morgan fingerprint density at radius 1 is 1.41 bits per heavy atom. The number of rotatable bonds is 2. The molecule has 2 unspecified atom stereocenters. The Morgan fingerprint density at radius 3 is 3.14 bits per heavy atom. The number of thiophene rings is 1. The summed E-state index contributed by atoms with van der Waals surface area (Å²) in [7, 11) is 0. The van der Waals surface area contributed by atoms with Crippen LogP contribution in [-0.4, -0.2) is 12.1 Å². The van der Waals surface area contributed by atoms with Crippen LogP contribution in [0.15, 0.2) is 28.9 Å². The van der Waals surface area contributed by atoms with Gasteiger partial charge in [0.2, 0.25) is 0 Å². The Labute approximate surface area is 133 Å². The minimum absolute atomic E-state index is 0.0369. The van der Waals surface area contributed by atoms with Crippen molar-refractivity contribution in [2.45, 2.75) is 32.4 Å². The number of furan rings is 1. The number of nitrogens with one attached hydrogen (secondary N) is 2. The van der Waals surface area contributed by atoms with Crippen molar-refractivity contribution < 1.29 is 9.21 Å². The average Bonchev–Trinajstić information content (AvgIpc) is 3.11. The molecule has 0 spiro atoms. The maximum Gasteiger partial charge on any atom is 0.256 e. The first-order chi connectivity index (χ1) is 10.7. The predicted molar refractivity (Wildman–Crippen MR) is 88.1 cm³/mol. The van der Waals surface area contributed by atoms with E-state index >= 15 is 0 Å². The Kier molecular flexibility index (Phi) is 3.30. The summed E-state index contributed by atoms with van der Waals surface area (Å²) in [4.78, 5) is 13.8. The van der Waals surface area contributed by atoms with Crippen molar-refractivity contribution >= 4 is 28.3 Å². The second-order valence-corrected chi connectivity index (χ2v) is 7.13. The third-order valence-corrected chi connectivity index (χ3v) is 5.49. The van der Waals surface area contributed by atoms with Crippen molar-refractivity contribution in [2.75, 3.05) is 5.32 Å². The summed E-state index contributed by atoms with van der Waals surface area (Å²) in [6.07, 6.45) is 8.52. The van der Waals surface area contributed by atoms with E-state index in [2.05, 4.69) is 17.6 Å². The quantitative estimate of drug-likeness (QED) is 0.889. The van der Waals surface area contributed by atoms with Crippen LogP contribution in [0.25, 0.3) is 6.08 Å². The molecule has 3 heterocycles. The van der Waals surface area contributed by atoms with Gasteiger partial charge < -0.3 is 15.1 Å². The van der Waals surface area contributed by atoms with E-state index in [1.165, 1.54) is 16.9 Å². The molecule has 2 aromatic heterocycles. The minimum Gasteiger partial charge on any atom is -0.465 e. The number of carbonyl (C=O) groups excluding carboxylic acids is 1. The molecule has 2 aromatic rings. The molecular weight excluding hydrogens is 296 g/mol. The minimum atomic E-state index is -0.192. The van der Waals surface area contributed by atoms with Crippen molar-refractivity contribution in [2.24, 2.45) is 5.92 Å². The molecule has 2 N–H and O–H groups in total. The summed E-state index contributed by atoms with van der Waals surface area (Å²) >= 11 is 1.74. The number of amides is 1. The highest BCUT2D eigenvalue weighted by molar-refractivity contribution is 7.16. The number of anilines is 1. The lowest BCUT2D eigenvalue weighted by atomic mass is 9.88. The molecule has 1 aliphatic carbocycles. The monoisotopic (exact) mass is 314 g/mol. The third kappa shape index (κ3) is 2.35. The molecule has 4 rings (SSSR count). The van der Waals surface area contributed by atoms with Gasteiger partial charge in [0.05, 0.1) is 11.8 Å². The number of hydrogen-bond donors (Lipinski definition) is 2. The van der Waals surface area contributed by atoms with E-state index in [1.54, 1.807) is 17.6 Å². The molecule has 0 bridgehead atoms. The summed E-state index contributed by atoms with van der Waals surface area (Å²) in [5, 5.41) is 7.44. The number of carbonyl (C=O) groups is 1. The molecule has 0 fully saturated rings. The first-order valence-corrected chi connectivity index (χ1v) is 8.46. The lowest BCUT2D eigenvalue weighted by molar-refractivity contribution is 0.0942. The van der Waals surface area contributed by atoms with Gasteiger partial charge in [-0.1, -0.05) is 6.92 Å². The van der Waals surface area contributed by atoms with Crippen LogP contribution >= 0.6 is 11.3 Å². The zero-order valence-electron chi connectivity index (χ0n) is 12.4. The fourth-order valence-corrected chi connectivity index (χ4v) is 4.60. The highest BCUT2D eigenvalue weighted by Crippen LogP contribution is 2.41. The predicted octanol–water partition coefficient (Wildman–Crippen LogP) is 3.66. The van der Waals surface area contributed by atoms with Crippen LogP contribution in [0.4, 0.5) is 5.00 Å². The molecule has 0 radical (unpaired) electrons. The highest BCUT2D eigenvalue weighted by Gasteiger charge is 2.31. The van der Waals surface area contributed by atoms with Gasteiger partial charge in [0, 0.05) is 4.88 Å². The molecule has 0 saturated carbocycles. The van der Waals surface area contributed by atoms with E-state index in [0.717, 1.165) is 29.2 Å². The van der Waals surface area contributed by atoms with Crippen LogP contribution in [0, 0.1) is 5.92 Å². The van der Waals surface area contributed by atoms with Crippen molar-refractivity contribution in [1.29, 1.82) is 0 Å². The summed E-state index contributed by atoms with van der Waals surface area (Å²) < 4.78 is 5.27. The topological polar surface area (TPSA) is 54.3 Å². The van der Waals surface area contributed by atoms with Crippen molar-refractivity contribution in [3.05, 3.63) is 46.2 Å². The van der Waals surface area contributed by atoms with Crippen LogP contribution in [0.5, 0.6) is 0 Å². The maximum absolute atomic E-state index is 12.5. The van der Waals surface area contributed by atoms with Gasteiger partial charge in [0.25, 0.3) is 5.91 Å². The van der Waals surface area contributed by atoms with Crippen molar-refractivity contribution in [1.82, 2.24) is 5.32 Å². The molecule has 22 heavy (non-hydrogen) atoms.